The number of anilines is 1. The third-order valence-corrected chi connectivity index (χ3v) is 5.02. The second-order valence-corrected chi connectivity index (χ2v) is 7.77. The fourth-order valence-electron chi connectivity index (χ4n) is 1.85. The molecular formula is C16H25NO4S. The van der Waals surface area contributed by atoms with Crippen molar-refractivity contribution >= 4 is 21.7 Å². The van der Waals surface area contributed by atoms with Gasteiger partial charge in [0, 0.05) is 7.05 Å². The molecule has 1 aromatic rings. The van der Waals surface area contributed by atoms with E-state index in [1.54, 1.807) is 24.3 Å². The topological polar surface area (TPSA) is 63.7 Å². The maximum Gasteiger partial charge on any atom is 0.340 e. The molecule has 0 bridgehead atoms. The minimum absolute atomic E-state index is 0.0649. The molecule has 0 aromatic heterocycles. The van der Waals surface area contributed by atoms with Gasteiger partial charge >= 0.3 is 5.97 Å². The summed E-state index contributed by atoms with van der Waals surface area (Å²) in [5.74, 6) is -0.209. The molecule has 0 heterocycles. The van der Waals surface area contributed by atoms with E-state index in [-0.39, 0.29) is 17.2 Å². The Kier molecular flexibility index (Phi) is 6.87. The molecule has 0 N–H and O–H groups in total. The molecule has 1 aromatic carbocycles. The first-order valence-electron chi connectivity index (χ1n) is 7.52. The fraction of sp³-hybridized carbons (Fsp3) is 0.562. The van der Waals surface area contributed by atoms with Crippen LogP contribution in [-0.4, -0.2) is 33.8 Å². The molecule has 0 amide bonds. The van der Waals surface area contributed by atoms with Crippen molar-refractivity contribution in [1.82, 2.24) is 0 Å². The largest absolute Gasteiger partial charge is 0.462 e. The van der Waals surface area contributed by atoms with Gasteiger partial charge in [0.25, 0.3) is 0 Å². The minimum atomic E-state index is -3.44. The van der Waals surface area contributed by atoms with Gasteiger partial charge in [-0.05, 0) is 24.5 Å². The summed E-state index contributed by atoms with van der Waals surface area (Å²) in [5.41, 5.74) is 0.623. The van der Waals surface area contributed by atoms with Crippen LogP contribution in [0.3, 0.4) is 0 Å². The Morgan fingerprint density at radius 3 is 2.50 bits per heavy atom. The highest BCUT2D eigenvalue weighted by Gasteiger charge is 2.23. The summed E-state index contributed by atoms with van der Waals surface area (Å²) >= 11 is 0. The average molecular weight is 327 g/mol. The third-order valence-electron chi connectivity index (χ3n) is 3.18. The Bertz CT molecular complexity index is 596. The van der Waals surface area contributed by atoms with Gasteiger partial charge in [-0.3, -0.25) is 4.31 Å². The standard InChI is InChI=1S/C16H25NO4S/c1-5-6-11-22(19,20)17(4)15-10-8-7-9-14(15)16(18)21-12-13(2)3/h7-10,13H,5-6,11-12H2,1-4H3. The monoisotopic (exact) mass is 327 g/mol. The van der Waals surface area contributed by atoms with Crippen molar-refractivity contribution in [3.8, 4) is 0 Å². The number of hydrogen-bond donors (Lipinski definition) is 0. The maximum absolute atomic E-state index is 12.3. The highest BCUT2D eigenvalue weighted by molar-refractivity contribution is 7.92. The fourth-order valence-corrected chi connectivity index (χ4v) is 3.24. The van der Waals surface area contributed by atoms with Gasteiger partial charge in [-0.2, -0.15) is 0 Å². The lowest BCUT2D eigenvalue weighted by Gasteiger charge is -2.21. The van der Waals surface area contributed by atoms with Crippen molar-refractivity contribution in [2.24, 2.45) is 5.92 Å². The zero-order valence-electron chi connectivity index (χ0n) is 13.7. The van der Waals surface area contributed by atoms with Crippen LogP contribution < -0.4 is 4.31 Å². The molecule has 6 heteroatoms. The molecule has 0 saturated heterocycles. The molecule has 124 valence electrons. The predicted molar refractivity (Wildman–Crippen MR) is 88.7 cm³/mol. The number of esters is 1. The van der Waals surface area contributed by atoms with Gasteiger partial charge in [-0.15, -0.1) is 0 Å². The summed E-state index contributed by atoms with van der Waals surface area (Å²) < 4.78 is 31.0. The van der Waals surface area contributed by atoms with E-state index >= 15 is 0 Å². The van der Waals surface area contributed by atoms with Gasteiger partial charge in [-0.1, -0.05) is 39.3 Å². The van der Waals surface area contributed by atoms with Crippen LogP contribution >= 0.6 is 0 Å². The van der Waals surface area contributed by atoms with Gasteiger partial charge in [0.05, 0.1) is 23.6 Å². The summed E-state index contributed by atoms with van der Waals surface area (Å²) in [5, 5.41) is 0. The van der Waals surface area contributed by atoms with Crippen LogP contribution in [0.5, 0.6) is 0 Å². The van der Waals surface area contributed by atoms with Crippen molar-refractivity contribution in [3.63, 3.8) is 0 Å². The summed E-state index contributed by atoms with van der Waals surface area (Å²) in [6.45, 7) is 6.13. The Labute approximate surface area is 133 Å². The number of rotatable bonds is 8. The molecule has 0 spiro atoms. The number of benzene rings is 1. The van der Waals surface area contributed by atoms with Crippen LogP contribution in [0.4, 0.5) is 5.69 Å². The lowest BCUT2D eigenvalue weighted by Crippen LogP contribution is -2.30. The van der Waals surface area contributed by atoms with Gasteiger partial charge in [0.15, 0.2) is 0 Å². The number of hydrogen-bond acceptors (Lipinski definition) is 4. The van der Waals surface area contributed by atoms with E-state index in [1.165, 1.54) is 11.4 Å². The quantitative estimate of drug-likeness (QED) is 0.688. The van der Waals surface area contributed by atoms with Crippen molar-refractivity contribution in [1.29, 1.82) is 0 Å². The van der Waals surface area contributed by atoms with E-state index in [0.29, 0.717) is 18.7 Å². The number of sulfonamides is 1. The smallest absolute Gasteiger partial charge is 0.340 e. The lowest BCUT2D eigenvalue weighted by molar-refractivity contribution is 0.0460. The zero-order valence-corrected chi connectivity index (χ0v) is 14.5. The number of unbranched alkanes of at least 4 members (excludes halogenated alkanes) is 1. The van der Waals surface area contributed by atoms with Gasteiger partial charge in [0.2, 0.25) is 10.0 Å². The first kappa shape index (κ1) is 18.5. The molecule has 22 heavy (non-hydrogen) atoms. The normalized spacial score (nSPS) is 11.5. The summed E-state index contributed by atoms with van der Waals surface area (Å²) in [7, 11) is -1.97. The molecular weight excluding hydrogens is 302 g/mol. The first-order valence-corrected chi connectivity index (χ1v) is 9.13. The van der Waals surface area contributed by atoms with E-state index < -0.39 is 16.0 Å². The summed E-state index contributed by atoms with van der Waals surface area (Å²) in [4.78, 5) is 12.2. The van der Waals surface area contributed by atoms with Gasteiger partial charge < -0.3 is 4.74 Å². The molecule has 0 fully saturated rings. The molecule has 1 rings (SSSR count). The predicted octanol–water partition coefficient (Wildman–Crippen LogP) is 3.07. The zero-order chi connectivity index (χ0) is 16.8. The average Bonchev–Trinajstić information content (AvgIpc) is 2.49. The highest BCUT2D eigenvalue weighted by atomic mass is 32.2. The highest BCUT2D eigenvalue weighted by Crippen LogP contribution is 2.23. The van der Waals surface area contributed by atoms with E-state index in [9.17, 15) is 13.2 Å². The number of carbonyl (C=O) groups is 1. The molecule has 0 aliphatic heterocycles. The van der Waals surface area contributed by atoms with E-state index in [1.807, 2.05) is 20.8 Å². The van der Waals surface area contributed by atoms with Crippen LogP contribution in [0.25, 0.3) is 0 Å². The van der Waals surface area contributed by atoms with Gasteiger partial charge in [0.1, 0.15) is 0 Å². The van der Waals surface area contributed by atoms with Crippen molar-refractivity contribution in [2.45, 2.75) is 33.6 Å². The Hall–Kier alpha value is -1.56. The SMILES string of the molecule is CCCCS(=O)(=O)N(C)c1ccccc1C(=O)OCC(C)C. The van der Waals surface area contributed by atoms with E-state index in [2.05, 4.69) is 0 Å². The number of para-hydroxylation sites is 1. The van der Waals surface area contributed by atoms with E-state index in [4.69, 9.17) is 4.74 Å². The Morgan fingerprint density at radius 1 is 1.27 bits per heavy atom. The summed E-state index contributed by atoms with van der Waals surface area (Å²) in [6, 6.07) is 6.61. The molecule has 0 atom stereocenters. The number of ether oxygens (including phenoxy) is 1. The van der Waals surface area contributed by atoms with Crippen LogP contribution in [0.15, 0.2) is 24.3 Å². The summed E-state index contributed by atoms with van der Waals surface area (Å²) in [6.07, 6.45) is 1.39. The second kappa shape index (κ2) is 8.17. The van der Waals surface area contributed by atoms with Crippen LogP contribution in [-0.2, 0) is 14.8 Å². The van der Waals surface area contributed by atoms with Crippen molar-refractivity contribution in [3.05, 3.63) is 29.8 Å². The van der Waals surface area contributed by atoms with Crippen LogP contribution in [0.1, 0.15) is 44.0 Å². The molecule has 5 nitrogen and oxygen atoms in total. The third kappa shape index (κ3) is 5.02. The molecule has 0 aliphatic carbocycles. The van der Waals surface area contributed by atoms with E-state index in [0.717, 1.165) is 6.42 Å². The molecule has 0 saturated carbocycles. The maximum atomic E-state index is 12.3. The van der Waals surface area contributed by atoms with Crippen LogP contribution in [0, 0.1) is 5.92 Å². The van der Waals surface area contributed by atoms with Crippen molar-refractivity contribution < 1.29 is 17.9 Å². The minimum Gasteiger partial charge on any atom is -0.462 e. The second-order valence-electron chi connectivity index (χ2n) is 5.65. The number of nitrogens with zero attached hydrogens (tertiary/aromatic N) is 1. The Balaban J connectivity index is 3.03. The molecule has 0 aliphatic rings. The first-order chi connectivity index (χ1) is 10.3. The number of carbonyl (C=O) groups excluding carboxylic acids is 1. The molecule has 0 radical (unpaired) electrons. The van der Waals surface area contributed by atoms with Crippen LogP contribution in [0.2, 0.25) is 0 Å². The molecule has 0 unspecified atom stereocenters. The van der Waals surface area contributed by atoms with Crippen molar-refractivity contribution in [2.75, 3.05) is 23.7 Å². The Morgan fingerprint density at radius 2 is 1.91 bits per heavy atom. The van der Waals surface area contributed by atoms with Gasteiger partial charge in [-0.25, -0.2) is 13.2 Å². The lowest BCUT2D eigenvalue weighted by atomic mass is 10.2.